The molecule has 1 N–H and O–H groups in total. The SMILES string of the molecule is CC(C)c1nccc(CC2(CO[Si](C)(C)C(C)(C)C)CC2)c1-n1c(=O)nc(N2C[C@@H](C)N(C(=O)O)C[C@@H]2C)c2cc(F)c(Cl)nc21. The third-order valence-electron chi connectivity index (χ3n) is 10.1. The quantitative estimate of drug-likeness (QED) is 0.201. The Morgan fingerprint density at radius 3 is 2.46 bits per heavy atom. The monoisotopic (exact) mass is 672 g/mol. The minimum Gasteiger partial charge on any atom is -0.465 e. The van der Waals surface area contributed by atoms with Crippen LogP contribution in [-0.2, 0) is 10.8 Å². The van der Waals surface area contributed by atoms with Crippen molar-refractivity contribution in [2.45, 2.75) is 104 Å². The van der Waals surface area contributed by atoms with E-state index in [-0.39, 0.29) is 58.2 Å². The van der Waals surface area contributed by atoms with Gasteiger partial charge < -0.3 is 19.3 Å². The number of hydrogen-bond donors (Lipinski definition) is 1. The van der Waals surface area contributed by atoms with E-state index in [0.29, 0.717) is 29.8 Å². The summed E-state index contributed by atoms with van der Waals surface area (Å²) < 4.78 is 23.2. The highest BCUT2D eigenvalue weighted by Crippen LogP contribution is 2.51. The van der Waals surface area contributed by atoms with Gasteiger partial charge in [-0.3, -0.25) is 4.98 Å². The lowest BCUT2D eigenvalue weighted by Gasteiger charge is -2.43. The maximum atomic E-state index is 15.1. The average molecular weight is 673 g/mol. The molecule has 46 heavy (non-hydrogen) atoms. The molecule has 13 heteroatoms. The molecule has 0 spiro atoms. The Hall–Kier alpha value is -3.09. The molecule has 2 atom stereocenters. The van der Waals surface area contributed by atoms with Crippen LogP contribution in [-0.4, -0.2) is 75.7 Å². The molecule has 3 aromatic heterocycles. The molecule has 0 aromatic carbocycles. The van der Waals surface area contributed by atoms with Gasteiger partial charge in [-0.2, -0.15) is 4.98 Å². The van der Waals surface area contributed by atoms with E-state index < -0.39 is 25.9 Å². The summed E-state index contributed by atoms with van der Waals surface area (Å²) in [5.41, 5.74) is 1.76. The topological polar surface area (TPSA) is 114 Å². The first kappa shape index (κ1) is 34.2. The Morgan fingerprint density at radius 1 is 1.20 bits per heavy atom. The first-order valence-electron chi connectivity index (χ1n) is 16.0. The molecule has 5 rings (SSSR count). The van der Waals surface area contributed by atoms with Gasteiger partial charge in [0.15, 0.2) is 24.9 Å². The summed E-state index contributed by atoms with van der Waals surface area (Å²) in [5.74, 6) is -0.528. The number of piperazine rings is 1. The number of amides is 1. The minimum atomic E-state index is -1.98. The van der Waals surface area contributed by atoms with E-state index >= 15 is 4.39 Å². The van der Waals surface area contributed by atoms with Crippen LogP contribution in [0.2, 0.25) is 23.3 Å². The summed E-state index contributed by atoms with van der Waals surface area (Å²) in [6.45, 7) is 20.0. The summed E-state index contributed by atoms with van der Waals surface area (Å²) in [4.78, 5) is 43.0. The van der Waals surface area contributed by atoms with E-state index in [9.17, 15) is 14.7 Å². The summed E-state index contributed by atoms with van der Waals surface area (Å²) in [6.07, 6.45) is 3.47. The summed E-state index contributed by atoms with van der Waals surface area (Å²) in [6, 6.07) is 2.51. The van der Waals surface area contributed by atoms with Crippen molar-refractivity contribution in [3.8, 4) is 5.69 Å². The molecule has 1 aliphatic heterocycles. The van der Waals surface area contributed by atoms with E-state index in [1.807, 2.05) is 31.7 Å². The van der Waals surface area contributed by atoms with Gasteiger partial charge in [-0.15, -0.1) is 0 Å². The maximum Gasteiger partial charge on any atom is 0.407 e. The van der Waals surface area contributed by atoms with Crippen molar-refractivity contribution in [2.75, 3.05) is 24.6 Å². The second kappa shape index (κ2) is 12.2. The number of halogens is 2. The Bertz CT molecular complexity index is 1720. The predicted octanol–water partition coefficient (Wildman–Crippen LogP) is 7.01. The van der Waals surface area contributed by atoms with Crippen LogP contribution >= 0.6 is 11.6 Å². The van der Waals surface area contributed by atoms with Crippen LogP contribution in [0.4, 0.5) is 15.0 Å². The van der Waals surface area contributed by atoms with Crippen LogP contribution in [0.15, 0.2) is 23.1 Å². The fraction of sp³-hybridized carbons (Fsp3) is 0.606. The van der Waals surface area contributed by atoms with Gasteiger partial charge in [0.2, 0.25) is 0 Å². The lowest BCUT2D eigenvalue weighted by molar-refractivity contribution is 0.114. The van der Waals surface area contributed by atoms with E-state index in [1.54, 1.807) is 13.1 Å². The zero-order chi connectivity index (χ0) is 33.9. The molecule has 1 aliphatic carbocycles. The largest absolute Gasteiger partial charge is 0.465 e. The van der Waals surface area contributed by atoms with Crippen LogP contribution in [0.1, 0.15) is 78.5 Å². The molecular formula is C33H46ClFN6O4Si. The van der Waals surface area contributed by atoms with Crippen molar-refractivity contribution in [1.29, 1.82) is 0 Å². The predicted molar refractivity (Wildman–Crippen MR) is 182 cm³/mol. The van der Waals surface area contributed by atoms with Crippen molar-refractivity contribution in [1.82, 2.24) is 24.4 Å². The number of anilines is 1. The fourth-order valence-electron chi connectivity index (χ4n) is 6.03. The molecule has 0 radical (unpaired) electrons. The first-order chi connectivity index (χ1) is 21.4. The average Bonchev–Trinajstić information content (AvgIpc) is 3.72. The van der Waals surface area contributed by atoms with Gasteiger partial charge in [-0.1, -0.05) is 46.2 Å². The first-order valence-corrected chi connectivity index (χ1v) is 19.3. The van der Waals surface area contributed by atoms with Gasteiger partial charge in [-0.05, 0) is 80.3 Å². The molecule has 4 heterocycles. The van der Waals surface area contributed by atoms with Gasteiger partial charge in [0, 0.05) is 38.0 Å². The van der Waals surface area contributed by atoms with Crippen molar-refractivity contribution in [3.05, 3.63) is 51.0 Å². The molecule has 2 aliphatic rings. The van der Waals surface area contributed by atoms with E-state index in [2.05, 4.69) is 43.8 Å². The smallest absolute Gasteiger partial charge is 0.407 e. The van der Waals surface area contributed by atoms with E-state index in [1.165, 1.54) is 15.5 Å². The summed E-state index contributed by atoms with van der Waals surface area (Å²) in [5, 5.41) is 9.72. The summed E-state index contributed by atoms with van der Waals surface area (Å²) in [7, 11) is -1.98. The highest BCUT2D eigenvalue weighted by Gasteiger charge is 2.47. The molecule has 3 aromatic rings. The van der Waals surface area contributed by atoms with Crippen LogP contribution < -0.4 is 10.6 Å². The lowest BCUT2D eigenvalue weighted by atomic mass is 9.94. The van der Waals surface area contributed by atoms with E-state index in [0.717, 1.165) is 18.4 Å². The number of fused-ring (bicyclic) bond motifs is 1. The molecule has 10 nitrogen and oxygen atoms in total. The second-order valence-electron chi connectivity index (χ2n) is 15.1. The van der Waals surface area contributed by atoms with Gasteiger partial charge in [0.05, 0.1) is 16.8 Å². The lowest BCUT2D eigenvalue weighted by Crippen LogP contribution is -2.58. The molecular weight excluding hydrogens is 627 g/mol. The molecule has 0 unspecified atom stereocenters. The zero-order valence-corrected chi connectivity index (χ0v) is 30.1. The normalized spacial score (nSPS) is 20.1. The van der Waals surface area contributed by atoms with Crippen LogP contribution in [0, 0.1) is 11.2 Å². The fourth-order valence-corrected chi connectivity index (χ4v) is 7.27. The molecule has 2 fully saturated rings. The Labute approximate surface area is 276 Å². The third-order valence-corrected chi connectivity index (χ3v) is 14.9. The Balaban J connectivity index is 1.66. The third kappa shape index (κ3) is 6.40. The van der Waals surface area contributed by atoms with Gasteiger partial charge in [0.1, 0.15) is 5.82 Å². The number of rotatable bonds is 8. The van der Waals surface area contributed by atoms with Crippen molar-refractivity contribution in [2.24, 2.45) is 5.41 Å². The van der Waals surface area contributed by atoms with Crippen LogP contribution in [0.25, 0.3) is 16.7 Å². The number of carboxylic acid groups (broad SMARTS) is 1. The number of hydrogen-bond acceptors (Lipinski definition) is 7. The number of pyridine rings is 2. The van der Waals surface area contributed by atoms with Crippen LogP contribution in [0.3, 0.4) is 0 Å². The standard InChI is InChI=1S/C33H46ClFN6O4Si/c1-19(2)25-26(22(10-13-36-25)15-33(11-12-33)18-45-46(8,9)32(5,6)7)41-29-23(14-24(35)27(34)37-29)28(38-30(41)42)39-16-21(4)40(31(43)44)17-20(39)3/h10,13-14,19-21H,11-12,15-18H2,1-9H3,(H,43,44)/t20-,21+/m0/s1. The Kier molecular flexibility index (Phi) is 9.06. The number of aromatic nitrogens is 4. The van der Waals surface area contributed by atoms with Gasteiger partial charge in [0.25, 0.3) is 0 Å². The molecule has 1 amide bonds. The van der Waals surface area contributed by atoms with Crippen molar-refractivity contribution in [3.63, 3.8) is 0 Å². The molecule has 1 saturated carbocycles. The molecule has 0 bridgehead atoms. The van der Waals surface area contributed by atoms with Gasteiger partial charge >= 0.3 is 11.8 Å². The van der Waals surface area contributed by atoms with E-state index in [4.69, 9.17) is 21.0 Å². The zero-order valence-electron chi connectivity index (χ0n) is 28.3. The highest BCUT2D eigenvalue weighted by atomic mass is 35.5. The Morgan fingerprint density at radius 2 is 1.87 bits per heavy atom. The van der Waals surface area contributed by atoms with Crippen molar-refractivity contribution >= 4 is 42.9 Å². The number of carbonyl (C=O) groups is 1. The number of nitrogens with zero attached hydrogens (tertiary/aromatic N) is 6. The second-order valence-corrected chi connectivity index (χ2v) is 20.2. The minimum absolute atomic E-state index is 0.0453. The van der Waals surface area contributed by atoms with Crippen LogP contribution in [0.5, 0.6) is 0 Å². The van der Waals surface area contributed by atoms with Gasteiger partial charge in [-0.25, -0.2) is 23.5 Å². The maximum absolute atomic E-state index is 15.1. The summed E-state index contributed by atoms with van der Waals surface area (Å²) >= 11 is 6.29. The molecule has 250 valence electrons. The van der Waals surface area contributed by atoms with Crippen molar-refractivity contribution < 1.29 is 18.7 Å². The molecule has 1 saturated heterocycles. The highest BCUT2D eigenvalue weighted by molar-refractivity contribution is 6.74.